The molecule has 8 heteroatoms. The molecule has 0 saturated carbocycles. The number of halogens is 1. The number of benzene rings is 1. The van der Waals surface area contributed by atoms with Gasteiger partial charge in [-0.25, -0.2) is 4.68 Å². The maximum absolute atomic E-state index is 12.4. The van der Waals surface area contributed by atoms with Gasteiger partial charge in [0.2, 0.25) is 0 Å². The zero-order valence-electron chi connectivity index (χ0n) is 14.6. The second kappa shape index (κ2) is 8.55. The summed E-state index contributed by atoms with van der Waals surface area (Å²) in [6, 6.07) is 12.3. The largest absolute Gasteiger partial charge is 0.469 e. The SMILES string of the molecule is COC(=O)CCCNC(=O)c1cc(-c2ccco2)n(-c2ccc(Cl)cc2)n1. The summed E-state index contributed by atoms with van der Waals surface area (Å²) in [7, 11) is 1.33. The number of hydrogen-bond acceptors (Lipinski definition) is 5. The Bertz CT molecular complexity index is 917. The van der Waals surface area contributed by atoms with Gasteiger partial charge >= 0.3 is 5.97 Å². The Morgan fingerprint density at radius 2 is 2.04 bits per heavy atom. The number of carbonyl (C=O) groups excluding carboxylic acids is 2. The molecule has 0 spiro atoms. The molecule has 27 heavy (non-hydrogen) atoms. The molecule has 0 bridgehead atoms. The molecule has 0 atom stereocenters. The fourth-order valence-electron chi connectivity index (χ4n) is 2.50. The molecule has 3 aromatic rings. The molecule has 1 N–H and O–H groups in total. The number of aromatic nitrogens is 2. The van der Waals surface area contributed by atoms with Gasteiger partial charge in [0.1, 0.15) is 5.69 Å². The standard InChI is InChI=1S/C19H18ClN3O4/c1-26-18(24)5-2-10-21-19(25)15-12-16(17-4-3-11-27-17)23(22-15)14-8-6-13(20)7-9-14/h3-4,6-9,11-12H,2,5,10H2,1H3,(H,21,25). The van der Waals surface area contributed by atoms with Gasteiger partial charge in [0.25, 0.3) is 5.91 Å². The first-order valence-corrected chi connectivity index (χ1v) is 8.71. The lowest BCUT2D eigenvalue weighted by Gasteiger charge is -2.05. The number of amides is 1. The molecule has 0 fully saturated rings. The topological polar surface area (TPSA) is 86.4 Å². The third-order valence-corrected chi connectivity index (χ3v) is 4.11. The van der Waals surface area contributed by atoms with E-state index in [1.54, 1.807) is 53.4 Å². The monoisotopic (exact) mass is 387 g/mol. The zero-order chi connectivity index (χ0) is 19.2. The molecule has 3 rings (SSSR count). The van der Waals surface area contributed by atoms with Crippen molar-refractivity contribution < 1.29 is 18.7 Å². The van der Waals surface area contributed by atoms with Gasteiger partial charge < -0.3 is 14.5 Å². The molecule has 2 heterocycles. The lowest BCUT2D eigenvalue weighted by Crippen LogP contribution is -2.25. The lowest BCUT2D eigenvalue weighted by molar-refractivity contribution is -0.140. The third kappa shape index (κ3) is 4.57. The van der Waals surface area contributed by atoms with E-state index in [9.17, 15) is 9.59 Å². The van der Waals surface area contributed by atoms with Gasteiger partial charge in [-0.1, -0.05) is 11.6 Å². The van der Waals surface area contributed by atoms with Crippen molar-refractivity contribution in [1.29, 1.82) is 0 Å². The number of hydrogen-bond donors (Lipinski definition) is 1. The molecule has 0 saturated heterocycles. The van der Waals surface area contributed by atoms with E-state index in [0.29, 0.717) is 29.4 Å². The van der Waals surface area contributed by atoms with E-state index >= 15 is 0 Å². The maximum Gasteiger partial charge on any atom is 0.305 e. The minimum absolute atomic E-state index is 0.244. The van der Waals surface area contributed by atoms with Crippen LogP contribution >= 0.6 is 11.6 Å². The molecule has 7 nitrogen and oxygen atoms in total. The zero-order valence-corrected chi connectivity index (χ0v) is 15.4. The van der Waals surface area contributed by atoms with Crippen LogP contribution in [0.1, 0.15) is 23.3 Å². The highest BCUT2D eigenvalue weighted by Crippen LogP contribution is 2.25. The van der Waals surface area contributed by atoms with Crippen molar-refractivity contribution in [1.82, 2.24) is 15.1 Å². The molecular formula is C19H18ClN3O4. The first-order chi connectivity index (χ1) is 13.1. The highest BCUT2D eigenvalue weighted by atomic mass is 35.5. The average Bonchev–Trinajstić information content (AvgIpc) is 3.35. The van der Waals surface area contributed by atoms with Crippen molar-refractivity contribution in [3.05, 3.63) is 59.4 Å². The number of furan rings is 1. The number of ether oxygens (including phenoxy) is 1. The Morgan fingerprint density at radius 3 is 2.70 bits per heavy atom. The summed E-state index contributed by atoms with van der Waals surface area (Å²) < 4.78 is 11.7. The molecule has 0 radical (unpaired) electrons. The van der Waals surface area contributed by atoms with Crippen molar-refractivity contribution >= 4 is 23.5 Å². The van der Waals surface area contributed by atoms with Crippen LogP contribution < -0.4 is 5.32 Å². The van der Waals surface area contributed by atoms with Crippen LogP contribution in [-0.4, -0.2) is 35.3 Å². The summed E-state index contributed by atoms with van der Waals surface area (Å²) in [5, 5.41) is 7.76. The van der Waals surface area contributed by atoms with Crippen molar-refractivity contribution in [3.8, 4) is 17.1 Å². The Balaban J connectivity index is 1.80. The van der Waals surface area contributed by atoms with E-state index in [1.807, 2.05) is 0 Å². The summed E-state index contributed by atoms with van der Waals surface area (Å²) in [5.41, 5.74) is 1.63. The van der Waals surface area contributed by atoms with Crippen LogP contribution in [0.25, 0.3) is 17.1 Å². The highest BCUT2D eigenvalue weighted by molar-refractivity contribution is 6.30. The molecule has 0 aliphatic heterocycles. The van der Waals surface area contributed by atoms with Crippen LogP contribution in [-0.2, 0) is 9.53 Å². The second-order valence-corrected chi connectivity index (χ2v) is 6.15. The van der Waals surface area contributed by atoms with Crippen LogP contribution in [0.3, 0.4) is 0 Å². The van der Waals surface area contributed by atoms with Crippen LogP contribution in [0, 0.1) is 0 Å². The molecular weight excluding hydrogens is 370 g/mol. The number of rotatable bonds is 7. The van der Waals surface area contributed by atoms with E-state index in [-0.39, 0.29) is 24.0 Å². The van der Waals surface area contributed by atoms with Gasteiger partial charge in [-0.3, -0.25) is 9.59 Å². The predicted molar refractivity (Wildman–Crippen MR) is 99.9 cm³/mol. The van der Waals surface area contributed by atoms with Crippen molar-refractivity contribution in [3.63, 3.8) is 0 Å². The quantitative estimate of drug-likeness (QED) is 0.495. The average molecular weight is 388 g/mol. The normalized spacial score (nSPS) is 10.6. The minimum atomic E-state index is -0.333. The predicted octanol–water partition coefficient (Wildman–Crippen LogP) is 3.47. The molecule has 0 aliphatic carbocycles. The Hall–Kier alpha value is -3.06. The summed E-state index contributed by atoms with van der Waals surface area (Å²) in [4.78, 5) is 23.5. The fourth-order valence-corrected chi connectivity index (χ4v) is 2.62. The molecule has 0 aliphatic rings. The smallest absolute Gasteiger partial charge is 0.305 e. The van der Waals surface area contributed by atoms with Crippen molar-refractivity contribution in [2.45, 2.75) is 12.8 Å². The first-order valence-electron chi connectivity index (χ1n) is 8.33. The second-order valence-electron chi connectivity index (χ2n) is 5.72. The Kier molecular flexibility index (Phi) is 5.93. The van der Waals surface area contributed by atoms with Crippen molar-refractivity contribution in [2.75, 3.05) is 13.7 Å². The van der Waals surface area contributed by atoms with Crippen LogP contribution in [0.2, 0.25) is 5.02 Å². The van der Waals surface area contributed by atoms with E-state index in [2.05, 4.69) is 15.2 Å². The number of nitrogens with zero attached hydrogens (tertiary/aromatic N) is 2. The minimum Gasteiger partial charge on any atom is -0.469 e. The first kappa shape index (κ1) is 18.7. The summed E-state index contributed by atoms with van der Waals surface area (Å²) in [6.07, 6.45) is 2.29. The number of esters is 1. The van der Waals surface area contributed by atoms with Crippen molar-refractivity contribution in [2.24, 2.45) is 0 Å². The van der Waals surface area contributed by atoms with Gasteiger partial charge in [-0.2, -0.15) is 5.10 Å². The Labute approximate surface area is 160 Å². The number of carbonyl (C=O) groups is 2. The number of nitrogens with one attached hydrogen (secondary N) is 1. The highest BCUT2D eigenvalue weighted by Gasteiger charge is 2.18. The van der Waals surface area contributed by atoms with E-state index in [0.717, 1.165) is 5.69 Å². The van der Waals surface area contributed by atoms with Gasteiger partial charge in [-0.15, -0.1) is 0 Å². The molecule has 2 aromatic heterocycles. The summed E-state index contributed by atoms with van der Waals surface area (Å²) in [6.45, 7) is 0.345. The molecule has 1 aromatic carbocycles. The number of methoxy groups -OCH3 is 1. The third-order valence-electron chi connectivity index (χ3n) is 3.86. The van der Waals surface area contributed by atoms with Crippen LogP contribution in [0.5, 0.6) is 0 Å². The summed E-state index contributed by atoms with van der Waals surface area (Å²) >= 11 is 5.95. The van der Waals surface area contributed by atoms with Gasteiger partial charge in [0, 0.05) is 24.1 Å². The molecule has 140 valence electrons. The molecule has 1 amide bonds. The van der Waals surface area contributed by atoms with Gasteiger partial charge in [0.05, 0.1) is 19.1 Å². The van der Waals surface area contributed by atoms with E-state index in [4.69, 9.17) is 16.0 Å². The van der Waals surface area contributed by atoms with Gasteiger partial charge in [0.15, 0.2) is 11.5 Å². The molecule has 0 unspecified atom stereocenters. The fraction of sp³-hybridized carbons (Fsp3) is 0.211. The Morgan fingerprint density at radius 1 is 1.26 bits per heavy atom. The van der Waals surface area contributed by atoms with Gasteiger partial charge in [-0.05, 0) is 42.8 Å². The summed E-state index contributed by atoms with van der Waals surface area (Å²) in [5.74, 6) is -0.0565. The van der Waals surface area contributed by atoms with Crippen LogP contribution in [0.15, 0.2) is 53.1 Å². The van der Waals surface area contributed by atoms with E-state index < -0.39 is 0 Å². The lowest BCUT2D eigenvalue weighted by atomic mass is 10.2. The maximum atomic E-state index is 12.4. The van der Waals surface area contributed by atoms with E-state index in [1.165, 1.54) is 7.11 Å². The van der Waals surface area contributed by atoms with Crippen LogP contribution in [0.4, 0.5) is 0 Å².